The molecule has 0 aromatic rings. The van der Waals surface area contributed by atoms with E-state index in [2.05, 4.69) is 5.32 Å². The van der Waals surface area contributed by atoms with Crippen molar-refractivity contribution >= 4 is 0 Å². The monoisotopic (exact) mass is 189 g/mol. The van der Waals surface area contributed by atoms with Gasteiger partial charge in [0, 0.05) is 0 Å². The molecule has 76 valence electrons. The van der Waals surface area contributed by atoms with Gasteiger partial charge in [-0.1, -0.05) is 18.1 Å². The Morgan fingerprint density at radius 2 is 2.08 bits per heavy atom. The van der Waals surface area contributed by atoms with Crippen molar-refractivity contribution in [3.05, 3.63) is 11.6 Å². The first-order chi connectivity index (χ1) is 6.25. The summed E-state index contributed by atoms with van der Waals surface area (Å²) in [4.78, 5) is 0. The molecule has 0 radical (unpaired) electrons. The van der Waals surface area contributed by atoms with Gasteiger partial charge in [-0.3, -0.25) is 0 Å². The Morgan fingerprint density at radius 3 is 2.69 bits per heavy atom. The van der Waals surface area contributed by atoms with E-state index in [0.29, 0.717) is 0 Å². The van der Waals surface area contributed by atoms with E-state index >= 15 is 0 Å². The topological polar surface area (TPSA) is 12.0 Å². The van der Waals surface area contributed by atoms with Crippen LogP contribution in [-0.2, 0) is 0 Å². The molecule has 1 rings (SSSR count). The van der Waals surface area contributed by atoms with Gasteiger partial charge in [-0.2, -0.15) is 0 Å². The summed E-state index contributed by atoms with van der Waals surface area (Å²) in [5.41, 5.74) is 0.898. The molecule has 0 aliphatic heterocycles. The Balaban J connectivity index is 2.59. The molecular weight excluding hydrogens is 172 g/mol. The van der Waals surface area contributed by atoms with Crippen molar-refractivity contribution < 1.29 is 8.78 Å². The lowest BCUT2D eigenvalue weighted by Gasteiger charge is -2.18. The van der Waals surface area contributed by atoms with Crippen LogP contribution in [0.1, 0.15) is 32.1 Å². The Bertz CT molecular complexity index is 178. The van der Waals surface area contributed by atoms with Gasteiger partial charge in [0.15, 0.2) is 0 Å². The molecule has 3 heteroatoms. The summed E-state index contributed by atoms with van der Waals surface area (Å²) in [6.45, 7) is 0. The fourth-order valence-corrected chi connectivity index (χ4v) is 1.80. The van der Waals surface area contributed by atoms with Crippen LogP contribution in [0, 0.1) is 0 Å². The van der Waals surface area contributed by atoms with Crippen molar-refractivity contribution in [2.45, 2.75) is 44.6 Å². The molecule has 1 aliphatic carbocycles. The molecule has 0 saturated heterocycles. The van der Waals surface area contributed by atoms with E-state index in [4.69, 9.17) is 0 Å². The summed E-state index contributed by atoms with van der Waals surface area (Å²) in [5, 5.41) is 2.68. The van der Waals surface area contributed by atoms with Crippen molar-refractivity contribution in [2.75, 3.05) is 7.05 Å². The quantitative estimate of drug-likeness (QED) is 0.673. The van der Waals surface area contributed by atoms with Crippen LogP contribution in [0.3, 0.4) is 0 Å². The highest BCUT2D eigenvalue weighted by molar-refractivity contribution is 5.12. The number of hydrogen-bond donors (Lipinski definition) is 1. The van der Waals surface area contributed by atoms with Crippen molar-refractivity contribution in [1.29, 1.82) is 0 Å². The first-order valence-electron chi connectivity index (χ1n) is 4.90. The number of alkyl halides is 2. The van der Waals surface area contributed by atoms with E-state index in [-0.39, 0.29) is 0 Å². The molecule has 0 heterocycles. The van der Waals surface area contributed by atoms with Gasteiger partial charge in [-0.25, -0.2) is 8.78 Å². The SMILES string of the molecule is CNC(C1=CCCCCC1)C(F)F. The number of nitrogens with one attached hydrogen (secondary N) is 1. The van der Waals surface area contributed by atoms with E-state index in [1.54, 1.807) is 7.05 Å². The number of hydrogen-bond acceptors (Lipinski definition) is 1. The van der Waals surface area contributed by atoms with Gasteiger partial charge in [0.1, 0.15) is 0 Å². The van der Waals surface area contributed by atoms with Gasteiger partial charge in [-0.05, 0) is 32.7 Å². The predicted octanol–water partition coefficient (Wildman–Crippen LogP) is 2.73. The molecule has 1 N–H and O–H groups in total. The highest BCUT2D eigenvalue weighted by Gasteiger charge is 2.22. The molecule has 0 bridgehead atoms. The lowest BCUT2D eigenvalue weighted by molar-refractivity contribution is 0.115. The van der Waals surface area contributed by atoms with Crippen LogP contribution in [0.5, 0.6) is 0 Å². The molecular formula is C10H17F2N. The van der Waals surface area contributed by atoms with Gasteiger partial charge in [0.2, 0.25) is 0 Å². The fourth-order valence-electron chi connectivity index (χ4n) is 1.80. The third kappa shape index (κ3) is 3.07. The number of halogens is 2. The van der Waals surface area contributed by atoms with Crippen molar-refractivity contribution in [2.24, 2.45) is 0 Å². The molecule has 1 unspecified atom stereocenters. The van der Waals surface area contributed by atoms with Crippen LogP contribution < -0.4 is 5.32 Å². The normalized spacial score (nSPS) is 21.1. The maximum Gasteiger partial charge on any atom is 0.257 e. The zero-order valence-corrected chi connectivity index (χ0v) is 8.02. The first kappa shape index (κ1) is 10.6. The predicted molar refractivity (Wildman–Crippen MR) is 50.0 cm³/mol. The molecule has 0 fully saturated rings. The second kappa shape index (κ2) is 5.32. The Morgan fingerprint density at radius 1 is 1.31 bits per heavy atom. The number of rotatable bonds is 3. The molecule has 0 aromatic heterocycles. The second-order valence-corrected chi connectivity index (χ2v) is 3.48. The van der Waals surface area contributed by atoms with E-state index in [9.17, 15) is 8.78 Å². The average Bonchev–Trinajstić information content (AvgIpc) is 2.33. The summed E-state index contributed by atoms with van der Waals surface area (Å²) >= 11 is 0. The Labute approximate surface area is 78.2 Å². The van der Waals surface area contributed by atoms with Crippen LogP contribution in [0.25, 0.3) is 0 Å². The molecule has 0 amide bonds. The van der Waals surface area contributed by atoms with E-state index in [1.165, 1.54) is 6.42 Å². The van der Waals surface area contributed by atoms with Gasteiger partial charge in [-0.15, -0.1) is 0 Å². The summed E-state index contributed by atoms with van der Waals surface area (Å²) < 4.78 is 25.0. The summed E-state index contributed by atoms with van der Waals surface area (Å²) in [5.74, 6) is 0. The smallest absolute Gasteiger partial charge is 0.257 e. The lowest BCUT2D eigenvalue weighted by atomic mass is 10.0. The Kier molecular flexibility index (Phi) is 4.36. The molecule has 0 spiro atoms. The third-order valence-corrected chi connectivity index (χ3v) is 2.54. The van der Waals surface area contributed by atoms with Crippen LogP contribution in [0.2, 0.25) is 0 Å². The Hall–Kier alpha value is -0.440. The zero-order valence-electron chi connectivity index (χ0n) is 8.02. The van der Waals surface area contributed by atoms with Crippen LogP contribution in [0.4, 0.5) is 8.78 Å². The van der Waals surface area contributed by atoms with E-state index in [1.807, 2.05) is 6.08 Å². The summed E-state index contributed by atoms with van der Waals surface area (Å²) in [6, 6.07) is -0.724. The highest BCUT2D eigenvalue weighted by atomic mass is 19.3. The minimum Gasteiger partial charge on any atom is -0.309 e. The van der Waals surface area contributed by atoms with Crippen LogP contribution in [0.15, 0.2) is 11.6 Å². The molecule has 0 saturated carbocycles. The van der Waals surface area contributed by atoms with Gasteiger partial charge in [0.25, 0.3) is 6.43 Å². The fraction of sp³-hybridized carbons (Fsp3) is 0.800. The van der Waals surface area contributed by atoms with E-state index < -0.39 is 12.5 Å². The molecule has 0 aromatic carbocycles. The average molecular weight is 189 g/mol. The van der Waals surface area contributed by atoms with Gasteiger partial charge in [0.05, 0.1) is 6.04 Å². The van der Waals surface area contributed by atoms with Crippen molar-refractivity contribution in [1.82, 2.24) is 5.32 Å². The third-order valence-electron chi connectivity index (χ3n) is 2.54. The minimum atomic E-state index is -2.28. The largest absolute Gasteiger partial charge is 0.309 e. The number of likely N-dealkylation sites (N-methyl/N-ethyl adjacent to an activating group) is 1. The number of allylic oxidation sites excluding steroid dienone is 1. The van der Waals surface area contributed by atoms with Crippen molar-refractivity contribution in [3.63, 3.8) is 0 Å². The minimum absolute atomic E-state index is 0.724. The highest BCUT2D eigenvalue weighted by Crippen LogP contribution is 2.22. The van der Waals surface area contributed by atoms with Gasteiger partial charge >= 0.3 is 0 Å². The molecule has 1 atom stereocenters. The summed E-state index contributed by atoms with van der Waals surface area (Å²) in [6.07, 6.45) is 4.85. The standard InChI is InChI=1S/C10H17F2N/c1-13-9(10(11)12)8-6-4-2-3-5-7-8/h6,9-10,13H,2-5,7H2,1H3. The first-order valence-corrected chi connectivity index (χ1v) is 4.90. The summed E-state index contributed by atoms with van der Waals surface area (Å²) in [7, 11) is 1.60. The van der Waals surface area contributed by atoms with Crippen LogP contribution in [-0.4, -0.2) is 19.5 Å². The second-order valence-electron chi connectivity index (χ2n) is 3.48. The van der Waals surface area contributed by atoms with Crippen LogP contribution >= 0.6 is 0 Å². The maximum atomic E-state index is 12.5. The van der Waals surface area contributed by atoms with Gasteiger partial charge < -0.3 is 5.32 Å². The molecule has 13 heavy (non-hydrogen) atoms. The van der Waals surface area contributed by atoms with E-state index in [0.717, 1.165) is 31.3 Å². The zero-order chi connectivity index (χ0) is 9.68. The van der Waals surface area contributed by atoms with Crippen molar-refractivity contribution in [3.8, 4) is 0 Å². The molecule has 1 aliphatic rings. The molecule has 1 nitrogen and oxygen atoms in total. The maximum absolute atomic E-state index is 12.5. The lowest BCUT2D eigenvalue weighted by Crippen LogP contribution is -2.34.